The van der Waals surface area contributed by atoms with Crippen LogP contribution in [0, 0.1) is 18.3 Å². The Bertz CT molecular complexity index is 381. The summed E-state index contributed by atoms with van der Waals surface area (Å²) in [5.41, 5.74) is 2.33. The SMILES string of the molecule is Cc1ccccc1C1(C#N)CCCCC1. The lowest BCUT2D eigenvalue weighted by Crippen LogP contribution is -2.27. The Morgan fingerprint density at radius 2 is 1.80 bits per heavy atom. The van der Waals surface area contributed by atoms with Gasteiger partial charge < -0.3 is 0 Å². The fraction of sp³-hybridized carbons (Fsp3) is 0.500. The van der Waals surface area contributed by atoms with Crippen LogP contribution >= 0.6 is 0 Å². The molecule has 0 heterocycles. The Kier molecular flexibility index (Phi) is 2.77. The van der Waals surface area contributed by atoms with Crippen molar-refractivity contribution in [2.45, 2.75) is 44.4 Å². The average Bonchev–Trinajstić information content (AvgIpc) is 2.30. The van der Waals surface area contributed by atoms with Crippen molar-refractivity contribution in [1.82, 2.24) is 0 Å². The minimum atomic E-state index is -0.191. The molecule has 1 aromatic rings. The van der Waals surface area contributed by atoms with Gasteiger partial charge in [0.2, 0.25) is 0 Å². The molecule has 0 N–H and O–H groups in total. The van der Waals surface area contributed by atoms with Gasteiger partial charge in [-0.05, 0) is 30.9 Å². The van der Waals surface area contributed by atoms with E-state index in [1.54, 1.807) is 0 Å². The highest BCUT2D eigenvalue weighted by atomic mass is 14.4. The van der Waals surface area contributed by atoms with Gasteiger partial charge in [-0.3, -0.25) is 0 Å². The van der Waals surface area contributed by atoms with Crippen molar-refractivity contribution in [2.75, 3.05) is 0 Å². The molecule has 1 aliphatic rings. The third-order valence-electron chi connectivity index (χ3n) is 3.58. The molecule has 1 heteroatoms. The second-order valence-corrected chi connectivity index (χ2v) is 4.57. The van der Waals surface area contributed by atoms with Crippen LogP contribution in [-0.2, 0) is 5.41 Å². The van der Waals surface area contributed by atoms with Crippen molar-refractivity contribution in [3.63, 3.8) is 0 Å². The molecule has 1 nitrogen and oxygen atoms in total. The van der Waals surface area contributed by atoms with E-state index in [1.165, 1.54) is 30.4 Å². The Morgan fingerprint density at radius 1 is 1.13 bits per heavy atom. The van der Waals surface area contributed by atoms with E-state index in [2.05, 4.69) is 31.2 Å². The van der Waals surface area contributed by atoms with Crippen LogP contribution in [0.15, 0.2) is 24.3 Å². The van der Waals surface area contributed by atoms with Crippen LogP contribution in [0.4, 0.5) is 0 Å². The third-order valence-corrected chi connectivity index (χ3v) is 3.58. The number of rotatable bonds is 1. The maximum atomic E-state index is 9.47. The predicted molar refractivity (Wildman–Crippen MR) is 61.6 cm³/mol. The summed E-state index contributed by atoms with van der Waals surface area (Å²) in [4.78, 5) is 0. The molecular formula is C14H17N. The molecule has 0 aliphatic heterocycles. The first kappa shape index (κ1) is 10.2. The highest BCUT2D eigenvalue weighted by molar-refractivity contribution is 5.38. The molecule has 0 radical (unpaired) electrons. The molecular weight excluding hydrogens is 182 g/mol. The molecule has 0 atom stereocenters. The van der Waals surface area contributed by atoms with Crippen LogP contribution in [0.3, 0.4) is 0 Å². The molecule has 0 aromatic heterocycles. The van der Waals surface area contributed by atoms with Crippen molar-refractivity contribution in [3.05, 3.63) is 35.4 Å². The van der Waals surface area contributed by atoms with Crippen LogP contribution in [0.1, 0.15) is 43.2 Å². The lowest BCUT2D eigenvalue weighted by atomic mass is 9.69. The number of aryl methyl sites for hydroxylation is 1. The third kappa shape index (κ3) is 1.77. The van der Waals surface area contributed by atoms with Gasteiger partial charge in [0.15, 0.2) is 0 Å². The topological polar surface area (TPSA) is 23.8 Å². The summed E-state index contributed by atoms with van der Waals surface area (Å²) >= 11 is 0. The maximum Gasteiger partial charge on any atom is 0.0825 e. The minimum absolute atomic E-state index is 0.191. The molecule has 2 rings (SSSR count). The van der Waals surface area contributed by atoms with Crippen LogP contribution in [-0.4, -0.2) is 0 Å². The highest BCUT2D eigenvalue weighted by Gasteiger charge is 2.34. The summed E-state index contributed by atoms with van der Waals surface area (Å²) in [6.45, 7) is 2.11. The molecule has 0 unspecified atom stereocenters. The molecule has 1 saturated carbocycles. The van der Waals surface area contributed by atoms with Gasteiger partial charge in [-0.2, -0.15) is 5.26 Å². The number of nitrogens with zero attached hydrogens (tertiary/aromatic N) is 1. The largest absolute Gasteiger partial charge is 0.197 e. The lowest BCUT2D eigenvalue weighted by Gasteiger charge is -2.32. The maximum absolute atomic E-state index is 9.47. The number of benzene rings is 1. The second kappa shape index (κ2) is 4.06. The zero-order valence-electron chi connectivity index (χ0n) is 9.29. The van der Waals surface area contributed by atoms with Crippen LogP contribution < -0.4 is 0 Å². The van der Waals surface area contributed by atoms with E-state index in [0.717, 1.165) is 12.8 Å². The van der Waals surface area contributed by atoms with Crippen LogP contribution in [0.25, 0.3) is 0 Å². The minimum Gasteiger partial charge on any atom is -0.197 e. The smallest absolute Gasteiger partial charge is 0.0825 e. The second-order valence-electron chi connectivity index (χ2n) is 4.57. The van der Waals surface area contributed by atoms with Crippen molar-refractivity contribution in [2.24, 2.45) is 0 Å². The quantitative estimate of drug-likeness (QED) is 0.676. The van der Waals surface area contributed by atoms with Gasteiger partial charge in [-0.15, -0.1) is 0 Å². The molecule has 15 heavy (non-hydrogen) atoms. The van der Waals surface area contributed by atoms with E-state index in [9.17, 15) is 5.26 Å². The van der Waals surface area contributed by atoms with Gasteiger partial charge in [-0.25, -0.2) is 0 Å². The molecule has 1 aliphatic carbocycles. The summed E-state index contributed by atoms with van der Waals surface area (Å²) in [5.74, 6) is 0. The van der Waals surface area contributed by atoms with Gasteiger partial charge in [-0.1, -0.05) is 43.5 Å². The Morgan fingerprint density at radius 3 is 2.40 bits per heavy atom. The molecule has 0 bridgehead atoms. The standard InChI is InChI=1S/C14H17N/c1-12-7-3-4-8-13(12)14(11-15)9-5-2-6-10-14/h3-4,7-8H,2,5-6,9-10H2,1H3. The van der Waals surface area contributed by atoms with Gasteiger partial charge >= 0.3 is 0 Å². The van der Waals surface area contributed by atoms with E-state index < -0.39 is 0 Å². The van der Waals surface area contributed by atoms with Gasteiger partial charge in [0.1, 0.15) is 0 Å². The Hall–Kier alpha value is -1.29. The number of hydrogen-bond donors (Lipinski definition) is 0. The van der Waals surface area contributed by atoms with E-state index in [1.807, 2.05) is 6.07 Å². The monoisotopic (exact) mass is 199 g/mol. The molecule has 0 amide bonds. The molecule has 0 saturated heterocycles. The number of hydrogen-bond acceptors (Lipinski definition) is 1. The summed E-state index contributed by atoms with van der Waals surface area (Å²) in [5, 5.41) is 9.47. The van der Waals surface area contributed by atoms with Crippen LogP contribution in [0.2, 0.25) is 0 Å². The zero-order valence-corrected chi connectivity index (χ0v) is 9.29. The summed E-state index contributed by atoms with van der Waals surface area (Å²) < 4.78 is 0. The van der Waals surface area contributed by atoms with Crippen molar-refractivity contribution >= 4 is 0 Å². The number of nitriles is 1. The normalized spacial score (nSPS) is 19.5. The van der Waals surface area contributed by atoms with E-state index in [0.29, 0.717) is 0 Å². The van der Waals surface area contributed by atoms with Gasteiger partial charge in [0, 0.05) is 0 Å². The summed E-state index contributed by atoms with van der Waals surface area (Å²) in [7, 11) is 0. The van der Waals surface area contributed by atoms with Gasteiger partial charge in [0.05, 0.1) is 11.5 Å². The van der Waals surface area contributed by atoms with Crippen molar-refractivity contribution in [3.8, 4) is 6.07 Å². The molecule has 0 spiro atoms. The molecule has 1 aromatic carbocycles. The van der Waals surface area contributed by atoms with Crippen molar-refractivity contribution in [1.29, 1.82) is 5.26 Å². The Labute approximate surface area is 91.7 Å². The van der Waals surface area contributed by atoms with E-state index in [4.69, 9.17) is 0 Å². The molecule has 1 fully saturated rings. The first-order valence-electron chi connectivity index (χ1n) is 5.76. The first-order chi connectivity index (χ1) is 7.28. The van der Waals surface area contributed by atoms with E-state index >= 15 is 0 Å². The fourth-order valence-corrected chi connectivity index (χ4v) is 2.71. The lowest BCUT2D eigenvalue weighted by molar-refractivity contribution is 0.365. The van der Waals surface area contributed by atoms with Crippen LogP contribution in [0.5, 0.6) is 0 Å². The van der Waals surface area contributed by atoms with E-state index in [-0.39, 0.29) is 5.41 Å². The summed E-state index contributed by atoms with van der Waals surface area (Å²) in [6, 6.07) is 10.9. The zero-order chi connectivity index (χ0) is 10.7. The first-order valence-corrected chi connectivity index (χ1v) is 5.76. The molecule has 78 valence electrons. The highest BCUT2D eigenvalue weighted by Crippen LogP contribution is 2.40. The predicted octanol–water partition coefficient (Wildman–Crippen LogP) is 3.72. The fourth-order valence-electron chi connectivity index (χ4n) is 2.71. The van der Waals surface area contributed by atoms with Gasteiger partial charge in [0.25, 0.3) is 0 Å². The van der Waals surface area contributed by atoms with Crippen molar-refractivity contribution < 1.29 is 0 Å². The average molecular weight is 199 g/mol. The summed E-state index contributed by atoms with van der Waals surface area (Å²) in [6.07, 6.45) is 5.75. The Balaban J connectivity index is 2.42.